The first-order valence-corrected chi connectivity index (χ1v) is 14.2. The van der Waals surface area contributed by atoms with Gasteiger partial charge >= 0.3 is 0 Å². The number of ether oxygens (including phenoxy) is 3. The van der Waals surface area contributed by atoms with Crippen molar-refractivity contribution in [2.75, 3.05) is 45.4 Å². The van der Waals surface area contributed by atoms with Crippen LogP contribution < -0.4 is 19.7 Å². The van der Waals surface area contributed by atoms with Crippen molar-refractivity contribution in [2.24, 2.45) is 0 Å². The molecule has 2 aromatic rings. The van der Waals surface area contributed by atoms with Crippen molar-refractivity contribution < 1.29 is 23.8 Å². The topological polar surface area (TPSA) is 80.3 Å². The standard InChI is InChI=1S/C31H43N3O5/c1-23(35)34-14-8-6-4-5-7-13-33(27-11-15-39-16-12-27)22-26-19-25(9-10-30(26)34)31(36)32-21-24-17-28(37-2)20-29(18-24)38-3/h9-10,17-20,27H,4-8,11-16,21-22H2,1-3H3,(H,32,36). The van der Waals surface area contributed by atoms with Crippen LogP contribution in [0.15, 0.2) is 36.4 Å². The van der Waals surface area contributed by atoms with Crippen LogP contribution in [0.3, 0.4) is 0 Å². The number of nitrogens with one attached hydrogen (secondary N) is 1. The van der Waals surface area contributed by atoms with E-state index >= 15 is 0 Å². The summed E-state index contributed by atoms with van der Waals surface area (Å²) in [6.45, 7) is 5.96. The molecule has 0 radical (unpaired) electrons. The van der Waals surface area contributed by atoms with E-state index in [1.54, 1.807) is 27.2 Å². The van der Waals surface area contributed by atoms with Gasteiger partial charge in [0.15, 0.2) is 0 Å². The average molecular weight is 538 g/mol. The van der Waals surface area contributed by atoms with Gasteiger partial charge in [0.2, 0.25) is 5.91 Å². The number of rotatable bonds is 6. The molecule has 0 atom stereocenters. The van der Waals surface area contributed by atoms with E-state index in [0.29, 0.717) is 42.7 Å². The van der Waals surface area contributed by atoms with E-state index in [2.05, 4.69) is 10.2 Å². The summed E-state index contributed by atoms with van der Waals surface area (Å²) >= 11 is 0. The first kappa shape index (κ1) is 28.9. The summed E-state index contributed by atoms with van der Waals surface area (Å²) in [4.78, 5) is 30.5. The molecule has 2 aliphatic rings. The summed E-state index contributed by atoms with van der Waals surface area (Å²) in [5.41, 5.74) is 3.41. The third-order valence-corrected chi connectivity index (χ3v) is 7.78. The Morgan fingerprint density at radius 1 is 0.923 bits per heavy atom. The Morgan fingerprint density at radius 2 is 1.59 bits per heavy atom. The minimum absolute atomic E-state index is 0.0371. The number of carbonyl (C=O) groups excluding carboxylic acids is 2. The molecule has 1 N–H and O–H groups in total. The Kier molecular flexibility index (Phi) is 10.6. The molecule has 4 rings (SSSR count). The smallest absolute Gasteiger partial charge is 0.251 e. The number of anilines is 1. The number of benzene rings is 2. The first-order chi connectivity index (χ1) is 19.0. The van der Waals surface area contributed by atoms with Crippen LogP contribution in [0.25, 0.3) is 0 Å². The van der Waals surface area contributed by atoms with Crippen LogP contribution >= 0.6 is 0 Å². The largest absolute Gasteiger partial charge is 0.497 e. The minimum atomic E-state index is -0.155. The molecule has 0 unspecified atom stereocenters. The van der Waals surface area contributed by atoms with Crippen LogP contribution in [-0.4, -0.2) is 63.3 Å². The zero-order valence-electron chi connectivity index (χ0n) is 23.7. The summed E-state index contributed by atoms with van der Waals surface area (Å²) in [5.74, 6) is 1.24. The lowest BCUT2D eigenvalue weighted by molar-refractivity contribution is -0.116. The van der Waals surface area contributed by atoms with Gasteiger partial charge in [-0.1, -0.05) is 19.3 Å². The molecule has 2 heterocycles. The molecule has 2 amide bonds. The Bertz CT molecular complexity index is 1090. The maximum atomic E-state index is 13.3. The van der Waals surface area contributed by atoms with E-state index in [4.69, 9.17) is 14.2 Å². The van der Waals surface area contributed by atoms with Crippen LogP contribution in [0.4, 0.5) is 5.69 Å². The van der Waals surface area contributed by atoms with E-state index in [-0.39, 0.29) is 11.8 Å². The molecule has 0 aromatic heterocycles. The molecule has 39 heavy (non-hydrogen) atoms. The van der Waals surface area contributed by atoms with Gasteiger partial charge in [-0.15, -0.1) is 0 Å². The van der Waals surface area contributed by atoms with Gasteiger partial charge in [-0.3, -0.25) is 14.5 Å². The fourth-order valence-corrected chi connectivity index (χ4v) is 5.59. The SMILES string of the molecule is COc1cc(CNC(=O)c2ccc3c(c2)CN(C2CCOCC2)CCCCCCCN3C(C)=O)cc(OC)c1. The summed E-state index contributed by atoms with van der Waals surface area (Å²) in [5, 5.41) is 3.04. The average Bonchev–Trinajstić information content (AvgIpc) is 2.96. The quantitative estimate of drug-likeness (QED) is 0.563. The molecule has 0 aliphatic carbocycles. The molecule has 0 saturated carbocycles. The van der Waals surface area contributed by atoms with E-state index in [1.807, 2.05) is 35.2 Å². The minimum Gasteiger partial charge on any atom is -0.497 e. The van der Waals surface area contributed by atoms with E-state index in [9.17, 15) is 9.59 Å². The highest BCUT2D eigenvalue weighted by atomic mass is 16.5. The van der Waals surface area contributed by atoms with Gasteiger partial charge in [0.25, 0.3) is 5.91 Å². The van der Waals surface area contributed by atoms with Crippen LogP contribution in [-0.2, 0) is 22.6 Å². The van der Waals surface area contributed by atoms with Gasteiger partial charge in [0, 0.05) is 63.1 Å². The van der Waals surface area contributed by atoms with Gasteiger partial charge in [-0.25, -0.2) is 0 Å². The third kappa shape index (κ3) is 7.96. The number of nitrogens with zero attached hydrogens (tertiary/aromatic N) is 2. The Hall–Kier alpha value is -3.10. The van der Waals surface area contributed by atoms with Gasteiger partial charge in [0.1, 0.15) is 11.5 Å². The molecular formula is C31H43N3O5. The second-order valence-electron chi connectivity index (χ2n) is 10.5. The number of fused-ring (bicyclic) bond motifs is 1. The molecule has 0 bridgehead atoms. The van der Waals surface area contributed by atoms with E-state index in [1.165, 1.54) is 12.8 Å². The molecule has 8 nitrogen and oxygen atoms in total. The zero-order chi connectivity index (χ0) is 27.6. The highest BCUT2D eigenvalue weighted by Crippen LogP contribution is 2.28. The molecular weight excluding hydrogens is 494 g/mol. The summed E-state index contributed by atoms with van der Waals surface area (Å²) in [7, 11) is 3.22. The zero-order valence-corrected chi connectivity index (χ0v) is 23.7. The third-order valence-electron chi connectivity index (χ3n) is 7.78. The molecule has 212 valence electrons. The summed E-state index contributed by atoms with van der Waals surface area (Å²) in [6.07, 6.45) is 7.67. The van der Waals surface area contributed by atoms with Crippen LogP contribution in [0.5, 0.6) is 11.5 Å². The number of hydrogen-bond donors (Lipinski definition) is 1. The Balaban J connectivity index is 1.60. The lowest BCUT2D eigenvalue weighted by Crippen LogP contribution is -2.40. The van der Waals surface area contributed by atoms with Crippen LogP contribution in [0.1, 0.15) is 73.4 Å². The highest BCUT2D eigenvalue weighted by Gasteiger charge is 2.25. The summed E-state index contributed by atoms with van der Waals surface area (Å²) < 4.78 is 16.4. The maximum Gasteiger partial charge on any atom is 0.251 e. The second-order valence-corrected chi connectivity index (χ2v) is 10.5. The fourth-order valence-electron chi connectivity index (χ4n) is 5.59. The normalized spacial score (nSPS) is 17.9. The van der Waals surface area contributed by atoms with Gasteiger partial charge < -0.3 is 24.4 Å². The predicted octanol–water partition coefficient (Wildman–Crippen LogP) is 4.93. The van der Waals surface area contributed by atoms with Crippen molar-refractivity contribution >= 4 is 17.5 Å². The Labute approximate surface area is 232 Å². The first-order valence-electron chi connectivity index (χ1n) is 14.2. The lowest BCUT2D eigenvalue weighted by Gasteiger charge is -2.36. The van der Waals surface area contributed by atoms with Gasteiger partial charge in [-0.2, -0.15) is 0 Å². The lowest BCUT2D eigenvalue weighted by atomic mass is 10.0. The number of methoxy groups -OCH3 is 2. The van der Waals surface area contributed by atoms with Crippen LogP contribution in [0.2, 0.25) is 0 Å². The van der Waals surface area contributed by atoms with Crippen LogP contribution in [0, 0.1) is 0 Å². The van der Waals surface area contributed by atoms with E-state index < -0.39 is 0 Å². The number of amides is 2. The molecule has 1 saturated heterocycles. The summed E-state index contributed by atoms with van der Waals surface area (Å²) in [6, 6.07) is 11.8. The van der Waals surface area contributed by atoms with Crippen molar-refractivity contribution in [2.45, 2.75) is 71.0 Å². The van der Waals surface area contributed by atoms with Gasteiger partial charge in [-0.05, 0) is 73.7 Å². The monoisotopic (exact) mass is 537 g/mol. The second kappa shape index (κ2) is 14.3. The predicted molar refractivity (Wildman–Crippen MR) is 153 cm³/mol. The Morgan fingerprint density at radius 3 is 2.26 bits per heavy atom. The number of carbonyl (C=O) groups is 2. The molecule has 8 heteroatoms. The fraction of sp³-hybridized carbons (Fsp3) is 0.548. The van der Waals surface area contributed by atoms with Crippen molar-refractivity contribution in [3.05, 3.63) is 53.1 Å². The van der Waals surface area contributed by atoms with E-state index in [0.717, 1.165) is 68.7 Å². The highest BCUT2D eigenvalue weighted by molar-refractivity contribution is 5.97. The molecule has 2 aliphatic heterocycles. The molecule has 0 spiro atoms. The van der Waals surface area contributed by atoms with Crippen molar-refractivity contribution in [3.8, 4) is 11.5 Å². The maximum absolute atomic E-state index is 13.3. The number of hydrogen-bond acceptors (Lipinski definition) is 6. The molecule has 1 fully saturated rings. The van der Waals surface area contributed by atoms with Gasteiger partial charge in [0.05, 0.1) is 14.2 Å². The van der Waals surface area contributed by atoms with Crippen molar-refractivity contribution in [1.82, 2.24) is 10.2 Å². The van der Waals surface area contributed by atoms with Crippen molar-refractivity contribution in [3.63, 3.8) is 0 Å². The molecule has 2 aromatic carbocycles. The van der Waals surface area contributed by atoms with Crippen molar-refractivity contribution in [1.29, 1.82) is 0 Å².